The number of nitrogens with one attached hydrogen (secondary N) is 1. The van der Waals surface area contributed by atoms with Crippen molar-refractivity contribution in [3.8, 4) is 6.07 Å². The Morgan fingerprint density at radius 1 is 1.08 bits per heavy atom. The van der Waals surface area contributed by atoms with E-state index in [2.05, 4.69) is 38.1 Å². The molecule has 2 aliphatic heterocycles. The first-order valence-corrected chi connectivity index (χ1v) is 12.7. The summed E-state index contributed by atoms with van der Waals surface area (Å²) >= 11 is 0. The summed E-state index contributed by atoms with van der Waals surface area (Å²) in [6, 6.07) is 15.7. The molecule has 190 valence electrons. The zero-order valence-corrected chi connectivity index (χ0v) is 20.9. The van der Waals surface area contributed by atoms with E-state index in [0.717, 1.165) is 49.4 Å². The smallest absolute Gasteiger partial charge is 0.250 e. The van der Waals surface area contributed by atoms with Crippen molar-refractivity contribution in [1.29, 1.82) is 5.26 Å². The van der Waals surface area contributed by atoms with Crippen molar-refractivity contribution in [2.24, 2.45) is 0 Å². The van der Waals surface area contributed by atoms with Crippen LogP contribution in [0.3, 0.4) is 0 Å². The molecule has 0 bridgehead atoms. The second-order valence-corrected chi connectivity index (χ2v) is 9.42. The largest absolute Gasteiger partial charge is 0.368 e. The van der Waals surface area contributed by atoms with E-state index in [0.29, 0.717) is 36.7 Å². The zero-order valence-electron chi connectivity index (χ0n) is 20.9. The number of unbranched alkanes of at least 4 members (excludes halogenated alkanes) is 1. The third kappa shape index (κ3) is 5.19. The molecule has 1 aromatic heterocycles. The fourth-order valence-electron chi connectivity index (χ4n) is 4.99. The summed E-state index contributed by atoms with van der Waals surface area (Å²) < 4.78 is 13.4. The molecule has 3 aromatic rings. The minimum absolute atomic E-state index is 0.00990. The van der Waals surface area contributed by atoms with Gasteiger partial charge in [0.15, 0.2) is 11.6 Å². The normalized spacial score (nSPS) is 17.3. The topological polar surface area (TPSA) is 88.4 Å². The lowest BCUT2D eigenvalue weighted by Crippen LogP contribution is -2.50. The Morgan fingerprint density at radius 2 is 1.84 bits per heavy atom. The fourth-order valence-corrected chi connectivity index (χ4v) is 4.99. The van der Waals surface area contributed by atoms with Gasteiger partial charge >= 0.3 is 0 Å². The van der Waals surface area contributed by atoms with Gasteiger partial charge in [0.1, 0.15) is 23.9 Å². The number of hydrogen-bond acceptors (Lipinski definition) is 7. The van der Waals surface area contributed by atoms with Gasteiger partial charge in [0.05, 0.1) is 18.2 Å². The van der Waals surface area contributed by atoms with Crippen LogP contribution in [-0.4, -0.2) is 48.1 Å². The van der Waals surface area contributed by atoms with Crippen LogP contribution in [0.1, 0.15) is 37.3 Å². The van der Waals surface area contributed by atoms with Crippen molar-refractivity contribution in [2.45, 2.75) is 38.8 Å². The molecule has 3 heterocycles. The van der Waals surface area contributed by atoms with Crippen LogP contribution in [0.2, 0.25) is 0 Å². The molecule has 9 heteroatoms. The van der Waals surface area contributed by atoms with E-state index >= 15 is 0 Å². The minimum Gasteiger partial charge on any atom is -0.368 e. The molecule has 37 heavy (non-hydrogen) atoms. The summed E-state index contributed by atoms with van der Waals surface area (Å²) in [5.41, 5.74) is 3.10. The van der Waals surface area contributed by atoms with Crippen molar-refractivity contribution in [3.05, 3.63) is 71.8 Å². The Labute approximate surface area is 216 Å². The fraction of sp³-hybridized carbons (Fsp3) is 0.357. The summed E-state index contributed by atoms with van der Waals surface area (Å²) in [6.07, 6.45) is 4.20. The molecule has 1 amide bonds. The number of hydrogen-bond donors (Lipinski definition) is 1. The van der Waals surface area contributed by atoms with Gasteiger partial charge in [0.2, 0.25) is 5.91 Å². The van der Waals surface area contributed by atoms with E-state index in [1.165, 1.54) is 12.1 Å². The van der Waals surface area contributed by atoms with E-state index in [1.807, 2.05) is 18.2 Å². The first kappa shape index (κ1) is 24.5. The highest BCUT2D eigenvalue weighted by Gasteiger charge is 2.37. The molecule has 2 aliphatic rings. The number of amides is 1. The summed E-state index contributed by atoms with van der Waals surface area (Å²) in [4.78, 5) is 29.1. The number of carbonyl (C=O) groups excluding carboxylic acids is 1. The molecule has 2 aromatic carbocycles. The molecule has 0 saturated carbocycles. The van der Waals surface area contributed by atoms with Gasteiger partial charge in [-0.25, -0.2) is 14.4 Å². The predicted octanol–water partition coefficient (Wildman–Crippen LogP) is 4.33. The van der Waals surface area contributed by atoms with Crippen LogP contribution in [0.4, 0.5) is 27.4 Å². The molecular weight excluding hydrogens is 469 g/mol. The number of anilines is 4. The zero-order chi connectivity index (χ0) is 25.8. The van der Waals surface area contributed by atoms with Gasteiger partial charge in [-0.2, -0.15) is 5.26 Å². The maximum absolute atomic E-state index is 13.7. The maximum atomic E-state index is 13.7. The molecule has 0 spiro atoms. The third-order valence-corrected chi connectivity index (χ3v) is 6.96. The number of benzene rings is 2. The first-order chi connectivity index (χ1) is 18.1. The van der Waals surface area contributed by atoms with Crippen LogP contribution in [0.5, 0.6) is 0 Å². The van der Waals surface area contributed by atoms with Gasteiger partial charge in [-0.1, -0.05) is 31.9 Å². The van der Waals surface area contributed by atoms with Gasteiger partial charge in [-0.15, -0.1) is 0 Å². The van der Waals surface area contributed by atoms with E-state index < -0.39 is 0 Å². The SMILES string of the molecule is CCCC[C@@H]1Nc2ncnc(N3CCN(c4ccc(F)cc4)CC3)c2N(Cc2cccc(C#N)c2)C1=O. The summed E-state index contributed by atoms with van der Waals surface area (Å²) in [6.45, 7) is 5.34. The Morgan fingerprint density at radius 3 is 2.57 bits per heavy atom. The van der Waals surface area contributed by atoms with Crippen LogP contribution in [0.15, 0.2) is 54.9 Å². The average molecular weight is 500 g/mol. The van der Waals surface area contributed by atoms with E-state index in [1.54, 1.807) is 29.4 Å². The number of carbonyl (C=O) groups is 1. The van der Waals surface area contributed by atoms with Crippen molar-refractivity contribution in [1.82, 2.24) is 9.97 Å². The molecule has 0 unspecified atom stereocenters. The molecule has 1 fully saturated rings. The van der Waals surface area contributed by atoms with E-state index in [-0.39, 0.29) is 17.8 Å². The molecule has 5 rings (SSSR count). The lowest BCUT2D eigenvalue weighted by Gasteiger charge is -2.40. The van der Waals surface area contributed by atoms with Gasteiger partial charge in [0, 0.05) is 31.9 Å². The monoisotopic (exact) mass is 499 g/mol. The molecular formula is C28H30FN7O. The molecule has 0 radical (unpaired) electrons. The number of nitriles is 1. The molecule has 1 saturated heterocycles. The van der Waals surface area contributed by atoms with Crippen LogP contribution < -0.4 is 20.0 Å². The van der Waals surface area contributed by atoms with Crippen molar-refractivity contribution >= 4 is 28.9 Å². The second-order valence-electron chi connectivity index (χ2n) is 9.42. The molecule has 8 nitrogen and oxygen atoms in total. The highest BCUT2D eigenvalue weighted by Crippen LogP contribution is 2.39. The number of halogens is 1. The molecule has 1 N–H and O–H groups in total. The summed E-state index contributed by atoms with van der Waals surface area (Å²) in [5, 5.41) is 12.7. The Bertz CT molecular complexity index is 1300. The summed E-state index contributed by atoms with van der Waals surface area (Å²) in [5.74, 6) is 1.12. The Balaban J connectivity index is 1.44. The molecule has 1 atom stereocenters. The minimum atomic E-state index is -0.357. The van der Waals surface area contributed by atoms with Gasteiger partial charge < -0.3 is 15.1 Å². The quantitative estimate of drug-likeness (QED) is 0.518. The summed E-state index contributed by atoms with van der Waals surface area (Å²) in [7, 11) is 0. The maximum Gasteiger partial charge on any atom is 0.250 e. The standard InChI is InChI=1S/C28H30FN7O/c1-2-3-7-24-28(37)36(18-21-6-4-5-20(16-21)17-30)25-26(33-24)31-19-32-27(25)35-14-12-34(13-15-35)23-10-8-22(29)9-11-23/h4-6,8-11,16,19,24H,2-3,7,12-15,18H2,1H3,(H,31,32,33)/t24-/m0/s1. The van der Waals surface area contributed by atoms with Crippen LogP contribution in [0, 0.1) is 17.1 Å². The number of piperazine rings is 1. The Kier molecular flexibility index (Phi) is 7.17. The van der Waals surface area contributed by atoms with Gasteiger partial charge in [-0.3, -0.25) is 9.69 Å². The van der Waals surface area contributed by atoms with Crippen LogP contribution in [-0.2, 0) is 11.3 Å². The van der Waals surface area contributed by atoms with Gasteiger partial charge in [-0.05, 0) is 48.4 Å². The first-order valence-electron chi connectivity index (χ1n) is 12.7. The predicted molar refractivity (Wildman–Crippen MR) is 142 cm³/mol. The highest BCUT2D eigenvalue weighted by atomic mass is 19.1. The highest BCUT2D eigenvalue weighted by molar-refractivity contribution is 6.06. The number of nitrogens with zero attached hydrogens (tertiary/aromatic N) is 6. The van der Waals surface area contributed by atoms with Gasteiger partial charge in [0.25, 0.3) is 0 Å². The van der Waals surface area contributed by atoms with E-state index in [4.69, 9.17) is 0 Å². The number of aromatic nitrogens is 2. The molecule has 0 aliphatic carbocycles. The van der Waals surface area contributed by atoms with Crippen LogP contribution in [0.25, 0.3) is 0 Å². The Hall–Kier alpha value is -4.19. The van der Waals surface area contributed by atoms with Crippen molar-refractivity contribution < 1.29 is 9.18 Å². The average Bonchev–Trinajstić information content (AvgIpc) is 2.94. The van der Waals surface area contributed by atoms with E-state index in [9.17, 15) is 14.4 Å². The lowest BCUT2D eigenvalue weighted by molar-refractivity contribution is -0.119. The number of rotatable bonds is 7. The lowest BCUT2D eigenvalue weighted by atomic mass is 10.0. The van der Waals surface area contributed by atoms with Crippen LogP contribution >= 0.6 is 0 Å². The number of fused-ring (bicyclic) bond motifs is 1. The third-order valence-electron chi connectivity index (χ3n) is 6.96. The van der Waals surface area contributed by atoms with Crippen molar-refractivity contribution in [3.63, 3.8) is 0 Å². The van der Waals surface area contributed by atoms with Crippen molar-refractivity contribution in [2.75, 3.05) is 46.2 Å². The second kappa shape index (κ2) is 10.8.